The number of fused-ring (bicyclic) bond motifs is 3. The monoisotopic (exact) mass is 331 g/mol. The first kappa shape index (κ1) is 15.1. The van der Waals surface area contributed by atoms with Crippen molar-refractivity contribution < 1.29 is 9.50 Å². The van der Waals surface area contributed by atoms with Gasteiger partial charge in [0.2, 0.25) is 0 Å². The van der Waals surface area contributed by atoms with Crippen molar-refractivity contribution in [3.05, 3.63) is 59.8 Å². The fourth-order valence-electron chi connectivity index (χ4n) is 2.77. The van der Waals surface area contributed by atoms with Gasteiger partial charge >= 0.3 is 0 Å². The van der Waals surface area contributed by atoms with Crippen molar-refractivity contribution in [2.24, 2.45) is 0 Å². The van der Waals surface area contributed by atoms with Crippen LogP contribution in [0.25, 0.3) is 33.1 Å². The molecule has 120 valence electrons. The lowest BCUT2D eigenvalue weighted by Crippen LogP contribution is -1.91. The molecule has 25 heavy (non-hydrogen) atoms. The molecule has 0 aliphatic carbocycles. The lowest BCUT2D eigenvalue weighted by molar-refractivity contribution is 0.277. The van der Waals surface area contributed by atoms with Crippen molar-refractivity contribution >= 4 is 21.8 Å². The Morgan fingerprint density at radius 2 is 1.96 bits per heavy atom. The molecule has 6 nitrogen and oxygen atoms in total. The van der Waals surface area contributed by atoms with Crippen molar-refractivity contribution in [2.45, 2.75) is 6.61 Å². The zero-order chi connectivity index (χ0) is 17.4. The van der Waals surface area contributed by atoms with E-state index in [0.29, 0.717) is 33.1 Å². The summed E-state index contributed by atoms with van der Waals surface area (Å²) in [5.41, 5.74) is 2.07. The standard InChI is InChI=1S/C18H10FN5O/c19-15-4-2-1-3-12(15)18-13-5-10(6-20)16-14(8-22-24-16)17(13)21-7-11(9-25)23-18/h1-5,7-8,25H,9H2. The Labute approximate surface area is 141 Å². The van der Waals surface area contributed by atoms with Crippen LogP contribution in [0.2, 0.25) is 0 Å². The van der Waals surface area contributed by atoms with Gasteiger partial charge in [-0.15, -0.1) is 5.10 Å². The summed E-state index contributed by atoms with van der Waals surface area (Å²) < 4.78 is 14.4. The van der Waals surface area contributed by atoms with Gasteiger partial charge in [-0.05, 0) is 18.2 Å². The lowest BCUT2D eigenvalue weighted by atomic mass is 10.0. The third kappa shape index (κ3) is 2.36. The highest BCUT2D eigenvalue weighted by molar-refractivity contribution is 6.09. The van der Waals surface area contributed by atoms with Gasteiger partial charge in [0.25, 0.3) is 0 Å². The maximum Gasteiger partial charge on any atom is 0.132 e. The van der Waals surface area contributed by atoms with Crippen LogP contribution in [0.3, 0.4) is 0 Å². The molecule has 0 saturated heterocycles. The maximum absolute atomic E-state index is 14.4. The first-order chi connectivity index (χ1) is 12.2. The highest BCUT2D eigenvalue weighted by Crippen LogP contribution is 2.32. The van der Waals surface area contributed by atoms with Crippen LogP contribution in [0.5, 0.6) is 0 Å². The fraction of sp³-hybridized carbons (Fsp3) is 0.0556. The van der Waals surface area contributed by atoms with Crippen LogP contribution in [-0.4, -0.2) is 25.3 Å². The Morgan fingerprint density at radius 1 is 1.12 bits per heavy atom. The number of rotatable bonds is 2. The smallest absolute Gasteiger partial charge is 0.132 e. The molecular weight excluding hydrogens is 321 g/mol. The predicted octanol–water partition coefficient (Wildman–Crippen LogP) is 2.74. The summed E-state index contributed by atoms with van der Waals surface area (Å²) in [4.78, 5) is 8.75. The van der Waals surface area contributed by atoms with Gasteiger partial charge in [-0.25, -0.2) is 9.37 Å². The van der Waals surface area contributed by atoms with Gasteiger partial charge in [0.05, 0.1) is 41.5 Å². The molecule has 2 aromatic carbocycles. The molecule has 0 saturated carbocycles. The maximum atomic E-state index is 14.4. The molecular formula is C18H10FN5O. The molecule has 4 rings (SSSR count). The molecule has 4 aromatic rings. The largest absolute Gasteiger partial charge is 0.390 e. The molecule has 0 unspecified atom stereocenters. The summed E-state index contributed by atoms with van der Waals surface area (Å²) in [5.74, 6) is -0.455. The number of nitrogens with zero attached hydrogens (tertiary/aromatic N) is 5. The summed E-state index contributed by atoms with van der Waals surface area (Å²) >= 11 is 0. The summed E-state index contributed by atoms with van der Waals surface area (Å²) in [6, 6.07) is 9.86. The molecule has 2 aromatic heterocycles. The van der Waals surface area contributed by atoms with Gasteiger partial charge in [0, 0.05) is 16.3 Å². The molecule has 0 radical (unpaired) electrons. The Hall–Kier alpha value is -3.50. The van der Waals surface area contributed by atoms with Crippen LogP contribution in [0.1, 0.15) is 11.3 Å². The number of hydrogen-bond acceptors (Lipinski definition) is 6. The molecule has 0 aliphatic rings. The topological polar surface area (TPSA) is 95.6 Å². The van der Waals surface area contributed by atoms with E-state index >= 15 is 0 Å². The van der Waals surface area contributed by atoms with E-state index in [1.807, 2.05) is 0 Å². The van der Waals surface area contributed by atoms with Crippen molar-refractivity contribution in [2.75, 3.05) is 0 Å². The second-order valence-corrected chi connectivity index (χ2v) is 5.39. The number of hydrogen-bond donors (Lipinski definition) is 1. The summed E-state index contributed by atoms with van der Waals surface area (Å²) in [6.45, 7) is -0.346. The van der Waals surface area contributed by atoms with E-state index in [1.54, 1.807) is 24.3 Å². The van der Waals surface area contributed by atoms with Gasteiger partial charge in [-0.2, -0.15) is 10.4 Å². The predicted molar refractivity (Wildman–Crippen MR) is 88.7 cm³/mol. The minimum absolute atomic E-state index is 0.260. The van der Waals surface area contributed by atoms with Gasteiger partial charge in [0.1, 0.15) is 17.4 Å². The van der Waals surface area contributed by atoms with Gasteiger partial charge < -0.3 is 5.11 Å². The van der Waals surface area contributed by atoms with Crippen LogP contribution in [0.4, 0.5) is 4.39 Å². The van der Waals surface area contributed by atoms with Crippen LogP contribution >= 0.6 is 0 Å². The third-order valence-corrected chi connectivity index (χ3v) is 3.92. The highest BCUT2D eigenvalue weighted by atomic mass is 19.1. The van der Waals surface area contributed by atoms with Crippen LogP contribution < -0.4 is 0 Å². The molecule has 0 aliphatic heterocycles. The average molecular weight is 331 g/mol. The van der Waals surface area contributed by atoms with E-state index in [-0.39, 0.29) is 17.9 Å². The third-order valence-electron chi connectivity index (χ3n) is 3.92. The van der Waals surface area contributed by atoms with E-state index in [1.165, 1.54) is 18.5 Å². The van der Waals surface area contributed by atoms with Crippen molar-refractivity contribution in [1.29, 1.82) is 5.26 Å². The average Bonchev–Trinajstić information content (AvgIpc) is 3.05. The first-order valence-electron chi connectivity index (χ1n) is 7.43. The Morgan fingerprint density at radius 3 is 2.72 bits per heavy atom. The zero-order valence-electron chi connectivity index (χ0n) is 12.8. The molecule has 7 heteroatoms. The van der Waals surface area contributed by atoms with Crippen molar-refractivity contribution in [1.82, 2.24) is 20.2 Å². The van der Waals surface area contributed by atoms with E-state index in [2.05, 4.69) is 26.2 Å². The summed E-state index contributed by atoms with van der Waals surface area (Å²) in [5, 5.41) is 27.8. The molecule has 0 amide bonds. The van der Waals surface area contributed by atoms with E-state index in [0.717, 1.165) is 0 Å². The second kappa shape index (κ2) is 5.85. The van der Waals surface area contributed by atoms with Crippen molar-refractivity contribution in [3.63, 3.8) is 0 Å². The minimum atomic E-state index is -0.455. The number of nitriles is 1. The van der Waals surface area contributed by atoms with Crippen LogP contribution in [0.15, 0.2) is 42.7 Å². The summed E-state index contributed by atoms with van der Waals surface area (Å²) in [6.07, 6.45) is 2.93. The van der Waals surface area contributed by atoms with E-state index in [4.69, 9.17) is 0 Å². The minimum Gasteiger partial charge on any atom is -0.390 e. The number of benzene rings is 2. The van der Waals surface area contributed by atoms with Gasteiger partial charge in [-0.1, -0.05) is 12.1 Å². The van der Waals surface area contributed by atoms with E-state index in [9.17, 15) is 14.8 Å². The Kier molecular flexibility index (Phi) is 3.52. The number of aliphatic hydroxyl groups is 1. The summed E-state index contributed by atoms with van der Waals surface area (Å²) in [7, 11) is 0. The van der Waals surface area contributed by atoms with Crippen molar-refractivity contribution in [3.8, 4) is 17.3 Å². The molecule has 0 spiro atoms. The SMILES string of the molecule is N#Cc1cc2c(-c3ccccc3F)nc(CO)cnc2c2cnnc12. The second-order valence-electron chi connectivity index (χ2n) is 5.39. The lowest BCUT2D eigenvalue weighted by Gasteiger charge is -2.05. The van der Waals surface area contributed by atoms with Crippen LogP contribution in [0, 0.1) is 17.1 Å². The molecule has 0 bridgehead atoms. The molecule has 0 fully saturated rings. The number of aromatic nitrogens is 4. The highest BCUT2D eigenvalue weighted by Gasteiger charge is 2.16. The van der Waals surface area contributed by atoms with Crippen LogP contribution in [-0.2, 0) is 6.61 Å². The first-order valence-corrected chi connectivity index (χ1v) is 7.43. The Bertz CT molecular complexity index is 1170. The number of aliphatic hydroxyl groups excluding tert-OH is 1. The Balaban J connectivity index is 2.25. The molecule has 0 atom stereocenters. The van der Waals surface area contributed by atoms with Gasteiger partial charge in [0.15, 0.2) is 0 Å². The van der Waals surface area contributed by atoms with E-state index < -0.39 is 5.82 Å². The molecule has 2 heterocycles. The quantitative estimate of drug-likeness (QED) is 0.607. The fourth-order valence-corrected chi connectivity index (χ4v) is 2.77. The zero-order valence-corrected chi connectivity index (χ0v) is 12.8. The molecule has 1 N–H and O–H groups in total. The van der Waals surface area contributed by atoms with Gasteiger partial charge in [-0.3, -0.25) is 4.98 Å². The normalized spacial score (nSPS) is 10.9. The number of halogens is 1.